The smallest absolute Gasteiger partial charge is 0.256 e. The molecule has 5 nitrogen and oxygen atoms in total. The van der Waals surface area contributed by atoms with Gasteiger partial charge in [-0.25, -0.2) is 4.98 Å². The SMILES string of the molecule is Cc1cccnc1NC(=O)c1ccc(Cn2cccn2)cc1. The molecule has 0 radical (unpaired) electrons. The number of nitrogens with zero attached hydrogens (tertiary/aromatic N) is 3. The first-order chi connectivity index (χ1) is 10.7. The third kappa shape index (κ3) is 3.20. The van der Waals surface area contributed by atoms with E-state index in [1.807, 2.05) is 60.3 Å². The number of anilines is 1. The van der Waals surface area contributed by atoms with Crippen LogP contribution >= 0.6 is 0 Å². The number of aromatic nitrogens is 3. The van der Waals surface area contributed by atoms with Crippen LogP contribution in [0.25, 0.3) is 0 Å². The van der Waals surface area contributed by atoms with Crippen LogP contribution in [0.3, 0.4) is 0 Å². The fraction of sp³-hybridized carbons (Fsp3) is 0.118. The molecule has 0 aliphatic heterocycles. The van der Waals surface area contributed by atoms with Gasteiger partial charge in [-0.1, -0.05) is 18.2 Å². The van der Waals surface area contributed by atoms with Gasteiger partial charge in [0.15, 0.2) is 0 Å². The summed E-state index contributed by atoms with van der Waals surface area (Å²) >= 11 is 0. The highest BCUT2D eigenvalue weighted by atomic mass is 16.1. The van der Waals surface area contributed by atoms with Crippen LogP contribution in [0.2, 0.25) is 0 Å². The lowest BCUT2D eigenvalue weighted by atomic mass is 10.1. The number of amides is 1. The van der Waals surface area contributed by atoms with E-state index in [-0.39, 0.29) is 5.91 Å². The van der Waals surface area contributed by atoms with Gasteiger partial charge in [-0.2, -0.15) is 5.10 Å². The molecule has 0 saturated heterocycles. The van der Waals surface area contributed by atoms with Crippen molar-refractivity contribution < 1.29 is 4.79 Å². The molecule has 1 aromatic carbocycles. The molecular formula is C17H16N4O. The normalized spacial score (nSPS) is 10.4. The number of carbonyl (C=O) groups excluding carboxylic acids is 1. The second-order valence-electron chi connectivity index (χ2n) is 5.02. The summed E-state index contributed by atoms with van der Waals surface area (Å²) in [5.41, 5.74) is 2.63. The predicted octanol–water partition coefficient (Wildman–Crippen LogP) is 2.89. The Morgan fingerprint density at radius 1 is 1.14 bits per heavy atom. The Morgan fingerprint density at radius 3 is 2.64 bits per heavy atom. The molecule has 2 heterocycles. The van der Waals surface area contributed by atoms with Crippen molar-refractivity contribution in [1.82, 2.24) is 14.8 Å². The lowest BCUT2D eigenvalue weighted by Crippen LogP contribution is -2.14. The molecule has 0 unspecified atom stereocenters. The van der Waals surface area contributed by atoms with Gasteiger partial charge in [0, 0.05) is 24.2 Å². The summed E-state index contributed by atoms with van der Waals surface area (Å²) in [5.74, 6) is 0.431. The van der Waals surface area contributed by atoms with Crippen LogP contribution in [-0.2, 0) is 6.54 Å². The zero-order chi connectivity index (χ0) is 15.4. The van der Waals surface area contributed by atoms with E-state index in [2.05, 4.69) is 15.4 Å². The molecule has 3 aromatic rings. The van der Waals surface area contributed by atoms with E-state index in [4.69, 9.17) is 0 Å². The van der Waals surface area contributed by atoms with Crippen LogP contribution < -0.4 is 5.32 Å². The predicted molar refractivity (Wildman–Crippen MR) is 84.7 cm³/mol. The Balaban J connectivity index is 1.70. The maximum absolute atomic E-state index is 12.2. The van der Waals surface area contributed by atoms with E-state index >= 15 is 0 Å². The van der Waals surface area contributed by atoms with Gasteiger partial charge >= 0.3 is 0 Å². The van der Waals surface area contributed by atoms with E-state index in [0.717, 1.165) is 11.1 Å². The van der Waals surface area contributed by atoms with Gasteiger partial charge < -0.3 is 5.32 Å². The van der Waals surface area contributed by atoms with Crippen LogP contribution in [-0.4, -0.2) is 20.7 Å². The molecule has 3 rings (SSSR count). The van der Waals surface area contributed by atoms with Crippen LogP contribution in [0, 0.1) is 6.92 Å². The third-order valence-corrected chi connectivity index (χ3v) is 3.36. The number of benzene rings is 1. The second kappa shape index (κ2) is 6.22. The van der Waals surface area contributed by atoms with Crippen molar-refractivity contribution in [2.24, 2.45) is 0 Å². The van der Waals surface area contributed by atoms with Gasteiger partial charge in [0.1, 0.15) is 5.82 Å². The fourth-order valence-corrected chi connectivity index (χ4v) is 2.14. The zero-order valence-electron chi connectivity index (χ0n) is 12.2. The molecule has 5 heteroatoms. The average Bonchev–Trinajstić information content (AvgIpc) is 3.03. The summed E-state index contributed by atoms with van der Waals surface area (Å²) in [6.07, 6.45) is 5.32. The molecule has 0 aliphatic rings. The molecular weight excluding hydrogens is 276 g/mol. The zero-order valence-corrected chi connectivity index (χ0v) is 12.2. The maximum Gasteiger partial charge on any atom is 0.256 e. The summed E-state index contributed by atoms with van der Waals surface area (Å²) in [4.78, 5) is 16.4. The molecule has 110 valence electrons. The molecule has 1 amide bonds. The van der Waals surface area contributed by atoms with Gasteiger partial charge in [0.05, 0.1) is 6.54 Å². The van der Waals surface area contributed by atoms with Gasteiger partial charge in [-0.15, -0.1) is 0 Å². The number of hydrogen-bond acceptors (Lipinski definition) is 3. The lowest BCUT2D eigenvalue weighted by Gasteiger charge is -2.08. The lowest BCUT2D eigenvalue weighted by molar-refractivity contribution is 0.102. The van der Waals surface area contributed by atoms with E-state index in [1.54, 1.807) is 12.4 Å². The minimum absolute atomic E-state index is 0.160. The maximum atomic E-state index is 12.2. The Morgan fingerprint density at radius 2 is 1.95 bits per heavy atom. The highest BCUT2D eigenvalue weighted by molar-refractivity contribution is 6.04. The van der Waals surface area contributed by atoms with Crippen LogP contribution in [0.15, 0.2) is 61.1 Å². The standard InChI is InChI=1S/C17H16N4O/c1-13-4-2-9-18-16(13)20-17(22)15-7-5-14(6-8-15)12-21-11-3-10-19-21/h2-11H,12H2,1H3,(H,18,20,22). The Labute approximate surface area is 128 Å². The second-order valence-corrected chi connectivity index (χ2v) is 5.02. The summed E-state index contributed by atoms with van der Waals surface area (Å²) in [5, 5.41) is 6.99. The Hall–Kier alpha value is -2.95. The molecule has 0 bridgehead atoms. The monoisotopic (exact) mass is 292 g/mol. The number of nitrogens with one attached hydrogen (secondary N) is 1. The van der Waals surface area contributed by atoms with Crippen molar-refractivity contribution in [3.63, 3.8) is 0 Å². The number of aryl methyl sites for hydroxylation is 1. The van der Waals surface area contributed by atoms with Gasteiger partial charge in [0.25, 0.3) is 5.91 Å². The summed E-state index contributed by atoms with van der Waals surface area (Å²) in [6.45, 7) is 2.60. The van der Waals surface area contributed by atoms with Crippen LogP contribution in [0.1, 0.15) is 21.5 Å². The number of hydrogen-bond donors (Lipinski definition) is 1. The molecule has 0 spiro atoms. The van der Waals surface area contributed by atoms with Crippen molar-refractivity contribution in [3.8, 4) is 0 Å². The topological polar surface area (TPSA) is 59.8 Å². The summed E-state index contributed by atoms with van der Waals surface area (Å²) < 4.78 is 1.84. The van der Waals surface area contributed by atoms with Crippen molar-refractivity contribution in [3.05, 3.63) is 77.7 Å². The minimum Gasteiger partial charge on any atom is -0.306 e. The van der Waals surface area contributed by atoms with E-state index in [9.17, 15) is 4.79 Å². The van der Waals surface area contributed by atoms with Crippen molar-refractivity contribution >= 4 is 11.7 Å². The van der Waals surface area contributed by atoms with Crippen molar-refractivity contribution in [2.45, 2.75) is 13.5 Å². The third-order valence-electron chi connectivity index (χ3n) is 3.36. The molecule has 0 aliphatic carbocycles. The van der Waals surface area contributed by atoms with Gasteiger partial charge in [-0.05, 0) is 42.3 Å². The molecule has 0 atom stereocenters. The first-order valence-corrected chi connectivity index (χ1v) is 7.02. The highest BCUT2D eigenvalue weighted by Crippen LogP contribution is 2.12. The van der Waals surface area contributed by atoms with E-state index in [1.165, 1.54) is 0 Å². The van der Waals surface area contributed by atoms with Crippen LogP contribution in [0.5, 0.6) is 0 Å². The Kier molecular flexibility index (Phi) is 3.96. The first kappa shape index (κ1) is 14.0. The number of rotatable bonds is 4. The molecule has 22 heavy (non-hydrogen) atoms. The first-order valence-electron chi connectivity index (χ1n) is 7.02. The van der Waals surface area contributed by atoms with E-state index < -0.39 is 0 Å². The molecule has 0 fully saturated rings. The van der Waals surface area contributed by atoms with Crippen molar-refractivity contribution in [2.75, 3.05) is 5.32 Å². The largest absolute Gasteiger partial charge is 0.306 e. The molecule has 2 aromatic heterocycles. The van der Waals surface area contributed by atoms with Crippen molar-refractivity contribution in [1.29, 1.82) is 0 Å². The fourth-order valence-electron chi connectivity index (χ4n) is 2.14. The minimum atomic E-state index is -0.160. The Bertz CT molecular complexity index is 764. The quantitative estimate of drug-likeness (QED) is 0.804. The molecule has 1 N–H and O–H groups in total. The van der Waals surface area contributed by atoms with Gasteiger partial charge in [0.2, 0.25) is 0 Å². The molecule has 0 saturated carbocycles. The average molecular weight is 292 g/mol. The highest BCUT2D eigenvalue weighted by Gasteiger charge is 2.08. The van der Waals surface area contributed by atoms with Crippen LogP contribution in [0.4, 0.5) is 5.82 Å². The van der Waals surface area contributed by atoms with Gasteiger partial charge in [-0.3, -0.25) is 9.48 Å². The summed E-state index contributed by atoms with van der Waals surface area (Å²) in [6, 6.07) is 13.1. The number of pyridine rings is 1. The summed E-state index contributed by atoms with van der Waals surface area (Å²) in [7, 11) is 0. The number of carbonyl (C=O) groups is 1. The van der Waals surface area contributed by atoms with E-state index in [0.29, 0.717) is 17.9 Å².